The Balaban J connectivity index is 1.94. The van der Waals surface area contributed by atoms with Crippen molar-refractivity contribution in [2.75, 3.05) is 5.32 Å². The lowest BCUT2D eigenvalue weighted by atomic mass is 10.5. The van der Waals surface area contributed by atoms with Crippen molar-refractivity contribution in [3.63, 3.8) is 0 Å². The second-order valence-electron chi connectivity index (χ2n) is 2.57. The molecule has 2 heterocycles. The summed E-state index contributed by atoms with van der Waals surface area (Å²) in [4.78, 5) is 4.31. The van der Waals surface area contributed by atoms with Gasteiger partial charge in [0.1, 0.15) is 0 Å². The zero-order valence-electron chi connectivity index (χ0n) is 7.32. The Kier molecular flexibility index (Phi) is 2.95. The number of aromatic nitrogens is 3. The summed E-state index contributed by atoms with van der Waals surface area (Å²) in [5, 5.41) is 14.4. The number of aryl methyl sites for hydroxylation is 1. The van der Waals surface area contributed by atoms with Crippen molar-refractivity contribution in [3.8, 4) is 0 Å². The zero-order chi connectivity index (χ0) is 9.97. The molecule has 0 saturated heterocycles. The van der Waals surface area contributed by atoms with Crippen LogP contribution in [0.3, 0.4) is 0 Å². The number of hydrogen-bond acceptors (Lipinski definition) is 6. The van der Waals surface area contributed by atoms with Crippen LogP contribution < -0.4 is 5.32 Å². The quantitative estimate of drug-likeness (QED) is 0.905. The minimum Gasteiger partial charge on any atom is -0.354 e. The van der Waals surface area contributed by atoms with Gasteiger partial charge in [-0.15, -0.1) is 21.5 Å². The van der Waals surface area contributed by atoms with Gasteiger partial charge in [-0.2, -0.15) is 0 Å². The highest BCUT2D eigenvalue weighted by atomic mass is 35.5. The molecule has 0 aliphatic carbocycles. The van der Waals surface area contributed by atoms with Crippen LogP contribution in [-0.4, -0.2) is 15.2 Å². The maximum atomic E-state index is 5.64. The second kappa shape index (κ2) is 4.20. The molecule has 2 aromatic rings. The number of hydrogen-bond donors (Lipinski definition) is 1. The van der Waals surface area contributed by atoms with E-state index in [2.05, 4.69) is 20.5 Å². The first-order valence-electron chi connectivity index (χ1n) is 3.88. The number of halogens is 1. The van der Waals surface area contributed by atoms with E-state index in [0.29, 0.717) is 11.0 Å². The van der Waals surface area contributed by atoms with Gasteiger partial charge in [-0.05, 0) is 18.5 Å². The summed E-state index contributed by atoms with van der Waals surface area (Å²) in [6.07, 6.45) is 0. The second-order valence-corrected chi connectivity index (χ2v) is 5.19. The molecule has 0 fully saturated rings. The lowest BCUT2D eigenvalue weighted by Crippen LogP contribution is -1.99. The first-order valence-corrected chi connectivity index (χ1v) is 5.95. The van der Waals surface area contributed by atoms with Gasteiger partial charge in [-0.1, -0.05) is 11.3 Å². The number of anilines is 1. The molecule has 0 spiro atoms. The van der Waals surface area contributed by atoms with Crippen LogP contribution in [0.4, 0.5) is 5.13 Å². The Morgan fingerprint density at radius 1 is 1.50 bits per heavy atom. The van der Waals surface area contributed by atoms with Gasteiger partial charge < -0.3 is 5.32 Å². The largest absolute Gasteiger partial charge is 0.354 e. The van der Waals surface area contributed by atoms with Gasteiger partial charge >= 0.3 is 0 Å². The van der Waals surface area contributed by atoms with E-state index in [9.17, 15) is 0 Å². The number of nitrogens with zero attached hydrogens (tertiary/aromatic N) is 3. The normalized spacial score (nSPS) is 10.4. The Morgan fingerprint density at radius 2 is 2.36 bits per heavy atom. The summed E-state index contributed by atoms with van der Waals surface area (Å²) in [6, 6.07) is 0. The predicted octanol–water partition coefficient (Wildman–Crippen LogP) is 2.57. The molecule has 0 saturated carbocycles. The van der Waals surface area contributed by atoms with Crippen molar-refractivity contribution >= 4 is 39.4 Å². The van der Waals surface area contributed by atoms with E-state index in [4.69, 9.17) is 11.6 Å². The third-order valence-corrected chi connectivity index (χ3v) is 3.29. The first kappa shape index (κ1) is 9.82. The maximum absolute atomic E-state index is 5.64. The fourth-order valence-corrected chi connectivity index (χ4v) is 2.27. The molecule has 14 heavy (non-hydrogen) atoms. The molecule has 4 nitrogen and oxygen atoms in total. The monoisotopic (exact) mass is 246 g/mol. The van der Waals surface area contributed by atoms with Gasteiger partial charge in [-0.25, -0.2) is 4.98 Å². The number of rotatable bonds is 3. The van der Waals surface area contributed by atoms with E-state index in [1.807, 2.05) is 12.3 Å². The Hall–Kier alpha value is -0.720. The average Bonchev–Trinajstić information content (AvgIpc) is 2.72. The van der Waals surface area contributed by atoms with Crippen molar-refractivity contribution in [2.24, 2.45) is 0 Å². The summed E-state index contributed by atoms with van der Waals surface area (Å²) in [5.74, 6) is 0. The van der Waals surface area contributed by atoms with E-state index < -0.39 is 0 Å². The molecule has 0 bridgehead atoms. The van der Waals surface area contributed by atoms with Crippen molar-refractivity contribution in [3.05, 3.63) is 20.5 Å². The molecule has 0 radical (unpaired) electrons. The van der Waals surface area contributed by atoms with Gasteiger partial charge in [0.05, 0.1) is 17.2 Å². The molecular weight excluding hydrogens is 240 g/mol. The van der Waals surface area contributed by atoms with Crippen LogP contribution >= 0.6 is 34.3 Å². The third-order valence-electron chi connectivity index (χ3n) is 1.49. The predicted molar refractivity (Wildman–Crippen MR) is 59.1 cm³/mol. The van der Waals surface area contributed by atoms with E-state index in [0.717, 1.165) is 15.8 Å². The third kappa shape index (κ3) is 2.40. The van der Waals surface area contributed by atoms with Crippen LogP contribution in [0.25, 0.3) is 0 Å². The summed E-state index contributed by atoms with van der Waals surface area (Å²) >= 11 is 8.59. The van der Waals surface area contributed by atoms with Crippen LogP contribution in [0.1, 0.15) is 10.7 Å². The molecule has 0 atom stereocenters. The van der Waals surface area contributed by atoms with Crippen LogP contribution in [-0.2, 0) is 6.54 Å². The average molecular weight is 247 g/mol. The molecule has 7 heteroatoms. The maximum Gasteiger partial charge on any atom is 0.208 e. The van der Waals surface area contributed by atoms with E-state index >= 15 is 0 Å². The van der Waals surface area contributed by atoms with Gasteiger partial charge in [0.2, 0.25) is 9.60 Å². The van der Waals surface area contributed by atoms with Crippen molar-refractivity contribution < 1.29 is 0 Å². The van der Waals surface area contributed by atoms with Crippen LogP contribution in [0.5, 0.6) is 0 Å². The molecule has 2 rings (SSSR count). The summed E-state index contributed by atoms with van der Waals surface area (Å²) < 4.78 is 0.446. The van der Waals surface area contributed by atoms with Crippen LogP contribution in [0.2, 0.25) is 4.47 Å². The van der Waals surface area contributed by atoms with E-state index in [1.165, 1.54) is 11.3 Å². The minimum atomic E-state index is 0.446. The SMILES string of the molecule is Cc1nc(CNc2nnc(Cl)s2)cs1. The zero-order valence-corrected chi connectivity index (χ0v) is 9.71. The summed E-state index contributed by atoms with van der Waals surface area (Å²) in [6.45, 7) is 2.64. The topological polar surface area (TPSA) is 50.7 Å². The molecule has 1 N–H and O–H groups in total. The molecule has 0 unspecified atom stereocenters. The lowest BCUT2D eigenvalue weighted by Gasteiger charge is -1.96. The Labute approximate surface area is 94.0 Å². The summed E-state index contributed by atoms with van der Waals surface area (Å²) in [5.41, 5.74) is 1.01. The smallest absolute Gasteiger partial charge is 0.208 e. The molecular formula is C7H7ClN4S2. The van der Waals surface area contributed by atoms with Gasteiger partial charge in [0.15, 0.2) is 0 Å². The molecule has 74 valence electrons. The van der Waals surface area contributed by atoms with Crippen molar-refractivity contribution in [1.29, 1.82) is 0 Å². The number of nitrogens with one attached hydrogen (secondary N) is 1. The molecule has 0 amide bonds. The number of thiazole rings is 1. The van der Waals surface area contributed by atoms with Gasteiger partial charge in [0.25, 0.3) is 0 Å². The highest BCUT2D eigenvalue weighted by Gasteiger charge is 2.02. The lowest BCUT2D eigenvalue weighted by molar-refractivity contribution is 1.02. The fourth-order valence-electron chi connectivity index (χ4n) is 0.932. The minimum absolute atomic E-state index is 0.446. The highest BCUT2D eigenvalue weighted by molar-refractivity contribution is 7.19. The van der Waals surface area contributed by atoms with Gasteiger partial charge in [-0.3, -0.25) is 0 Å². The Bertz CT molecular complexity index is 385. The van der Waals surface area contributed by atoms with E-state index in [-0.39, 0.29) is 0 Å². The summed E-state index contributed by atoms with van der Waals surface area (Å²) in [7, 11) is 0. The molecule has 0 aliphatic rings. The molecule has 2 aromatic heterocycles. The van der Waals surface area contributed by atoms with E-state index in [1.54, 1.807) is 11.3 Å². The molecule has 0 aliphatic heterocycles. The molecule has 0 aromatic carbocycles. The Morgan fingerprint density at radius 3 is 2.93 bits per heavy atom. The first-order chi connectivity index (χ1) is 6.74. The van der Waals surface area contributed by atoms with Crippen molar-refractivity contribution in [1.82, 2.24) is 15.2 Å². The van der Waals surface area contributed by atoms with Crippen molar-refractivity contribution in [2.45, 2.75) is 13.5 Å². The van der Waals surface area contributed by atoms with Crippen LogP contribution in [0, 0.1) is 6.92 Å². The highest BCUT2D eigenvalue weighted by Crippen LogP contribution is 2.20. The van der Waals surface area contributed by atoms with Crippen LogP contribution in [0.15, 0.2) is 5.38 Å². The fraction of sp³-hybridized carbons (Fsp3) is 0.286. The standard InChI is InChI=1S/C7H7ClN4S2/c1-4-10-5(3-13-4)2-9-7-12-11-6(8)14-7/h3H,2H2,1H3,(H,9,12). The van der Waals surface area contributed by atoms with Gasteiger partial charge in [0, 0.05) is 5.38 Å².